The number of allylic oxidation sites excluding steroid dienone is 4. The van der Waals surface area contributed by atoms with Gasteiger partial charge in [-0.15, -0.1) is 0 Å². The molecule has 0 saturated heterocycles. The molecule has 0 N–H and O–H groups in total. The largest absolute Gasteiger partial charge is 0.462 e. The molecule has 2 saturated carbocycles. The van der Waals surface area contributed by atoms with Crippen molar-refractivity contribution in [2.24, 2.45) is 11.8 Å². The van der Waals surface area contributed by atoms with Crippen molar-refractivity contribution < 1.29 is 9.53 Å². The summed E-state index contributed by atoms with van der Waals surface area (Å²) >= 11 is 0. The van der Waals surface area contributed by atoms with Gasteiger partial charge in [-0.3, -0.25) is 4.79 Å². The predicted octanol–water partition coefficient (Wildman–Crippen LogP) is 7.82. The number of hydrogen-bond acceptors (Lipinski definition) is 3. The number of unbranched alkanes of at least 4 members (excludes halogenated alkanes) is 1. The van der Waals surface area contributed by atoms with Crippen LogP contribution in [-0.4, -0.2) is 12.1 Å². The van der Waals surface area contributed by atoms with E-state index in [1.54, 1.807) is 6.08 Å². The van der Waals surface area contributed by atoms with Crippen molar-refractivity contribution in [3.8, 4) is 6.07 Å². The van der Waals surface area contributed by atoms with Gasteiger partial charge in [0.15, 0.2) is 0 Å². The summed E-state index contributed by atoms with van der Waals surface area (Å²) in [5, 5.41) is 8.48. The van der Waals surface area contributed by atoms with Gasteiger partial charge < -0.3 is 4.74 Å². The van der Waals surface area contributed by atoms with Gasteiger partial charge in [0.05, 0.1) is 12.0 Å². The van der Waals surface area contributed by atoms with Gasteiger partial charge in [0.1, 0.15) is 6.10 Å². The van der Waals surface area contributed by atoms with E-state index < -0.39 is 0 Å². The molecule has 3 nitrogen and oxygen atoms in total. The third-order valence-electron chi connectivity index (χ3n) is 7.57. The first kappa shape index (κ1) is 25.3. The minimum absolute atomic E-state index is 0.0547. The molecule has 0 spiro atoms. The average Bonchev–Trinajstić information content (AvgIpc) is 2.86. The van der Waals surface area contributed by atoms with Gasteiger partial charge in [-0.2, -0.15) is 5.26 Å². The molecule has 0 unspecified atom stereocenters. The molecule has 3 heteroatoms. The summed E-state index contributed by atoms with van der Waals surface area (Å²) in [6.45, 7) is 2.24. The van der Waals surface area contributed by atoms with E-state index in [1.165, 1.54) is 42.9 Å². The Morgan fingerprint density at radius 3 is 2.42 bits per heavy atom. The Labute approximate surface area is 200 Å². The number of nitrogens with zero attached hydrogens (tertiary/aromatic N) is 1. The zero-order valence-corrected chi connectivity index (χ0v) is 20.4. The number of rotatable bonds is 10. The smallest absolute Gasteiger partial charge is 0.309 e. The molecule has 1 aromatic carbocycles. The Morgan fingerprint density at radius 1 is 1.03 bits per heavy atom. The summed E-state index contributed by atoms with van der Waals surface area (Å²) in [6.07, 6.45) is 21.8. The molecule has 0 radical (unpaired) electrons. The Hall–Kier alpha value is -2.34. The lowest BCUT2D eigenvalue weighted by atomic mass is 9.78. The summed E-state index contributed by atoms with van der Waals surface area (Å²) < 4.78 is 5.95. The number of nitriles is 1. The second-order valence-corrected chi connectivity index (χ2v) is 9.97. The number of carbonyl (C=O) groups is 1. The van der Waals surface area contributed by atoms with Crippen molar-refractivity contribution in [3.63, 3.8) is 0 Å². The van der Waals surface area contributed by atoms with Crippen molar-refractivity contribution in [2.45, 2.75) is 102 Å². The fourth-order valence-corrected chi connectivity index (χ4v) is 5.40. The topological polar surface area (TPSA) is 50.1 Å². The minimum atomic E-state index is 0.0547. The van der Waals surface area contributed by atoms with Gasteiger partial charge in [0, 0.05) is 6.08 Å². The van der Waals surface area contributed by atoms with Gasteiger partial charge in [-0.1, -0.05) is 55.8 Å². The highest BCUT2D eigenvalue weighted by atomic mass is 16.5. The van der Waals surface area contributed by atoms with Crippen LogP contribution in [0.3, 0.4) is 0 Å². The normalized spacial score (nSPS) is 25.8. The fraction of sp³-hybridized carbons (Fsp3) is 0.600. The van der Waals surface area contributed by atoms with Crippen LogP contribution in [0.5, 0.6) is 0 Å². The van der Waals surface area contributed by atoms with Crippen molar-refractivity contribution in [1.82, 2.24) is 0 Å². The maximum Gasteiger partial charge on any atom is 0.309 e. The Balaban J connectivity index is 1.33. The fourth-order valence-electron chi connectivity index (χ4n) is 5.40. The van der Waals surface area contributed by atoms with E-state index >= 15 is 0 Å². The number of hydrogen-bond donors (Lipinski definition) is 0. The monoisotopic (exact) mass is 447 g/mol. The summed E-state index contributed by atoms with van der Waals surface area (Å²) in [5.41, 5.74) is 2.88. The maximum atomic E-state index is 12.8. The molecule has 0 atom stereocenters. The molecule has 2 fully saturated rings. The number of esters is 1. The third-order valence-corrected chi connectivity index (χ3v) is 7.57. The van der Waals surface area contributed by atoms with E-state index in [-0.39, 0.29) is 18.0 Å². The number of aryl methyl sites for hydroxylation is 1. The van der Waals surface area contributed by atoms with Crippen molar-refractivity contribution in [2.75, 3.05) is 0 Å². The van der Waals surface area contributed by atoms with Crippen LogP contribution >= 0.6 is 0 Å². The first-order valence-corrected chi connectivity index (χ1v) is 13.2. The van der Waals surface area contributed by atoms with Gasteiger partial charge in [0.25, 0.3) is 0 Å². The van der Waals surface area contributed by atoms with Crippen molar-refractivity contribution in [1.29, 1.82) is 5.26 Å². The van der Waals surface area contributed by atoms with E-state index in [0.717, 1.165) is 63.7 Å². The quantitative estimate of drug-likeness (QED) is 0.209. The summed E-state index contributed by atoms with van der Waals surface area (Å²) in [4.78, 5) is 12.8. The van der Waals surface area contributed by atoms with Crippen LogP contribution in [0, 0.1) is 23.2 Å². The molecule has 1 aromatic rings. The van der Waals surface area contributed by atoms with Crippen LogP contribution in [0.2, 0.25) is 0 Å². The molecule has 2 aliphatic carbocycles. The molecule has 0 aliphatic heterocycles. The first-order valence-electron chi connectivity index (χ1n) is 13.2. The molecule has 0 bridgehead atoms. The first-order chi connectivity index (χ1) is 16.2. The zero-order valence-electron chi connectivity index (χ0n) is 20.4. The lowest BCUT2D eigenvalue weighted by Crippen LogP contribution is -2.29. The van der Waals surface area contributed by atoms with Crippen LogP contribution in [0.25, 0.3) is 0 Å². The predicted molar refractivity (Wildman–Crippen MR) is 135 cm³/mol. The third kappa shape index (κ3) is 8.50. The van der Waals surface area contributed by atoms with E-state index in [0.29, 0.717) is 5.92 Å². The Morgan fingerprint density at radius 2 is 1.76 bits per heavy atom. The highest BCUT2D eigenvalue weighted by Gasteiger charge is 2.31. The molecule has 0 aromatic heterocycles. The van der Waals surface area contributed by atoms with Gasteiger partial charge in [0.2, 0.25) is 0 Å². The average molecular weight is 448 g/mol. The number of ether oxygens (including phenoxy) is 1. The second kappa shape index (κ2) is 14.0. The van der Waals surface area contributed by atoms with Gasteiger partial charge in [-0.25, -0.2) is 0 Å². The lowest BCUT2D eigenvalue weighted by molar-refractivity contribution is -0.157. The number of benzene rings is 1. The zero-order chi connectivity index (χ0) is 23.3. The number of carbonyl (C=O) groups excluding carboxylic acids is 1. The van der Waals surface area contributed by atoms with Gasteiger partial charge >= 0.3 is 5.97 Å². The van der Waals surface area contributed by atoms with Gasteiger partial charge in [-0.05, 0) is 100 Å². The highest BCUT2D eigenvalue weighted by molar-refractivity contribution is 5.72. The van der Waals surface area contributed by atoms with Crippen LogP contribution in [-0.2, 0) is 16.0 Å². The molecule has 0 amide bonds. The van der Waals surface area contributed by atoms with Crippen LogP contribution in [0.1, 0.15) is 101 Å². The van der Waals surface area contributed by atoms with E-state index in [1.807, 2.05) is 12.1 Å². The summed E-state index contributed by atoms with van der Waals surface area (Å²) in [6, 6.07) is 11.2. The standard InChI is InChI=1S/C30H41NO2/c1-2-3-9-24-11-15-26(16-12-24)27-17-19-28(20-18-27)30(32)33-29-21-13-25(14-22-29)10-7-5-4-6-8-23-31/h4-6,8,11-12,15-16,25,27-29H,2-3,7,9-10,13-14,17-22H2,1H3/b5-4+,8-6?/t25?,27-,28-,29?. The van der Waals surface area contributed by atoms with Crippen molar-refractivity contribution in [3.05, 3.63) is 59.7 Å². The maximum absolute atomic E-state index is 12.8. The Bertz CT molecular complexity index is 801. The molecule has 2 aliphatic rings. The van der Waals surface area contributed by atoms with E-state index in [9.17, 15) is 4.79 Å². The van der Waals surface area contributed by atoms with Crippen LogP contribution in [0.15, 0.2) is 48.6 Å². The SMILES string of the molecule is CCCCc1ccc([C@H]2CC[C@H](C(=O)OC3CCC(CC/C=C/C=CC#N)CC3)CC2)cc1. The second-order valence-electron chi connectivity index (χ2n) is 9.97. The highest BCUT2D eigenvalue weighted by Crippen LogP contribution is 2.37. The minimum Gasteiger partial charge on any atom is -0.462 e. The molecular formula is C30H41NO2. The summed E-state index contributed by atoms with van der Waals surface area (Å²) in [5.74, 6) is 1.47. The molecule has 3 rings (SSSR count). The van der Waals surface area contributed by atoms with Crippen molar-refractivity contribution >= 4 is 5.97 Å². The van der Waals surface area contributed by atoms with E-state index in [4.69, 9.17) is 10.00 Å². The van der Waals surface area contributed by atoms with E-state index in [2.05, 4.69) is 37.3 Å². The molecule has 33 heavy (non-hydrogen) atoms. The summed E-state index contributed by atoms with van der Waals surface area (Å²) in [7, 11) is 0. The lowest BCUT2D eigenvalue weighted by Gasteiger charge is -2.31. The molecule has 178 valence electrons. The van der Waals surface area contributed by atoms with Crippen LogP contribution < -0.4 is 0 Å². The Kier molecular flexibility index (Phi) is 10.8. The molecular weight excluding hydrogens is 406 g/mol. The molecule has 0 heterocycles. The van der Waals surface area contributed by atoms with Crippen LogP contribution in [0.4, 0.5) is 0 Å².